The summed E-state index contributed by atoms with van der Waals surface area (Å²) in [6.07, 6.45) is 0. The van der Waals surface area contributed by atoms with Crippen LogP contribution in [0.15, 0.2) is 65.1 Å². The number of nitrogens with one attached hydrogen (secondary N) is 1. The molecule has 0 aliphatic heterocycles. The van der Waals surface area contributed by atoms with Crippen LogP contribution in [0, 0.1) is 0 Å². The first-order valence-corrected chi connectivity index (χ1v) is 9.19. The molecule has 0 radical (unpaired) electrons. The zero-order valence-corrected chi connectivity index (χ0v) is 16.8. The summed E-state index contributed by atoms with van der Waals surface area (Å²) in [6.45, 7) is 0. The standard InChI is InChI=1S/C23H20N2O5/c1-27-17-7-8-21-20(13-17)25-23(30-21)14-5-4-6-16(9-14)24-22(26)15-10-18(28-2)12-19(11-15)29-3/h4-13H,1-3H3,(H,24,26). The molecule has 0 fully saturated rings. The zero-order chi connectivity index (χ0) is 21.1. The van der Waals surface area contributed by atoms with Gasteiger partial charge in [-0.25, -0.2) is 4.98 Å². The third kappa shape index (κ3) is 3.91. The van der Waals surface area contributed by atoms with E-state index in [1.165, 1.54) is 14.2 Å². The highest BCUT2D eigenvalue weighted by Gasteiger charge is 2.13. The number of oxazole rings is 1. The van der Waals surface area contributed by atoms with Crippen LogP contribution < -0.4 is 19.5 Å². The molecule has 0 aliphatic carbocycles. The molecular formula is C23H20N2O5. The molecule has 1 amide bonds. The Bertz CT molecular complexity index is 1190. The Morgan fingerprint density at radius 1 is 0.867 bits per heavy atom. The van der Waals surface area contributed by atoms with E-state index in [-0.39, 0.29) is 5.91 Å². The summed E-state index contributed by atoms with van der Waals surface area (Å²) < 4.78 is 21.5. The van der Waals surface area contributed by atoms with Crippen molar-refractivity contribution in [1.29, 1.82) is 0 Å². The Labute approximate surface area is 173 Å². The number of ether oxygens (including phenoxy) is 3. The number of rotatable bonds is 6. The molecule has 4 aromatic rings. The van der Waals surface area contributed by atoms with E-state index in [9.17, 15) is 4.79 Å². The summed E-state index contributed by atoms with van der Waals surface area (Å²) in [5.41, 5.74) is 3.13. The summed E-state index contributed by atoms with van der Waals surface area (Å²) in [6, 6.07) is 17.7. The predicted octanol–water partition coefficient (Wildman–Crippen LogP) is 4.77. The van der Waals surface area contributed by atoms with Gasteiger partial charge in [-0.2, -0.15) is 0 Å². The maximum atomic E-state index is 12.7. The average Bonchev–Trinajstić information content (AvgIpc) is 3.22. The second-order valence-electron chi connectivity index (χ2n) is 6.49. The fourth-order valence-electron chi connectivity index (χ4n) is 3.03. The van der Waals surface area contributed by atoms with Gasteiger partial charge in [0.1, 0.15) is 22.8 Å². The van der Waals surface area contributed by atoms with E-state index in [4.69, 9.17) is 18.6 Å². The Balaban J connectivity index is 1.60. The lowest BCUT2D eigenvalue weighted by molar-refractivity contribution is 0.102. The number of nitrogens with zero attached hydrogens (tertiary/aromatic N) is 1. The van der Waals surface area contributed by atoms with Crippen molar-refractivity contribution in [1.82, 2.24) is 4.98 Å². The second kappa shape index (κ2) is 8.16. The van der Waals surface area contributed by atoms with E-state index in [0.717, 1.165) is 5.56 Å². The van der Waals surface area contributed by atoms with E-state index in [2.05, 4.69) is 10.3 Å². The Morgan fingerprint density at radius 2 is 1.60 bits per heavy atom. The van der Waals surface area contributed by atoms with Gasteiger partial charge in [0, 0.05) is 28.9 Å². The fraction of sp³-hybridized carbons (Fsp3) is 0.130. The molecule has 1 aromatic heterocycles. The Morgan fingerprint density at radius 3 is 2.30 bits per heavy atom. The number of carbonyl (C=O) groups is 1. The van der Waals surface area contributed by atoms with Crippen LogP contribution in [0.2, 0.25) is 0 Å². The number of amides is 1. The summed E-state index contributed by atoms with van der Waals surface area (Å²) in [4.78, 5) is 17.3. The van der Waals surface area contributed by atoms with Crippen molar-refractivity contribution in [3.05, 3.63) is 66.2 Å². The lowest BCUT2D eigenvalue weighted by Crippen LogP contribution is -2.12. The lowest BCUT2D eigenvalue weighted by atomic mass is 10.1. The van der Waals surface area contributed by atoms with E-state index in [1.54, 1.807) is 37.4 Å². The van der Waals surface area contributed by atoms with Gasteiger partial charge in [-0.1, -0.05) is 6.07 Å². The lowest BCUT2D eigenvalue weighted by Gasteiger charge is -2.10. The second-order valence-corrected chi connectivity index (χ2v) is 6.49. The normalized spacial score (nSPS) is 10.6. The quantitative estimate of drug-likeness (QED) is 0.498. The number of methoxy groups -OCH3 is 3. The Kier molecular flexibility index (Phi) is 5.26. The zero-order valence-electron chi connectivity index (χ0n) is 16.8. The van der Waals surface area contributed by atoms with Crippen LogP contribution in [-0.4, -0.2) is 32.2 Å². The molecule has 1 heterocycles. The van der Waals surface area contributed by atoms with Crippen LogP contribution in [0.4, 0.5) is 5.69 Å². The van der Waals surface area contributed by atoms with Crippen molar-refractivity contribution in [2.24, 2.45) is 0 Å². The van der Waals surface area contributed by atoms with Crippen molar-refractivity contribution in [3.8, 4) is 28.7 Å². The number of anilines is 1. The molecule has 30 heavy (non-hydrogen) atoms. The van der Waals surface area contributed by atoms with Crippen molar-refractivity contribution in [3.63, 3.8) is 0 Å². The van der Waals surface area contributed by atoms with Gasteiger partial charge in [-0.15, -0.1) is 0 Å². The monoisotopic (exact) mass is 404 g/mol. The molecule has 0 atom stereocenters. The first-order valence-electron chi connectivity index (χ1n) is 9.19. The van der Waals surface area contributed by atoms with Gasteiger partial charge < -0.3 is 23.9 Å². The minimum absolute atomic E-state index is 0.286. The highest BCUT2D eigenvalue weighted by atomic mass is 16.5. The summed E-state index contributed by atoms with van der Waals surface area (Å²) in [5, 5.41) is 2.88. The predicted molar refractivity (Wildman–Crippen MR) is 113 cm³/mol. The summed E-state index contributed by atoms with van der Waals surface area (Å²) >= 11 is 0. The van der Waals surface area contributed by atoms with Gasteiger partial charge >= 0.3 is 0 Å². The first-order chi connectivity index (χ1) is 14.6. The molecule has 0 spiro atoms. The number of hydrogen-bond acceptors (Lipinski definition) is 6. The minimum Gasteiger partial charge on any atom is -0.497 e. The average molecular weight is 404 g/mol. The van der Waals surface area contributed by atoms with Crippen molar-refractivity contribution < 1.29 is 23.4 Å². The SMILES string of the molecule is COc1cc(OC)cc(C(=O)Nc2cccc(-c3nc4cc(OC)ccc4o3)c2)c1. The summed E-state index contributed by atoms with van der Waals surface area (Å²) in [7, 11) is 4.68. The van der Waals surface area contributed by atoms with Gasteiger partial charge in [-0.3, -0.25) is 4.79 Å². The van der Waals surface area contributed by atoms with Gasteiger partial charge in [0.05, 0.1) is 21.3 Å². The highest BCUT2D eigenvalue weighted by Crippen LogP contribution is 2.29. The van der Waals surface area contributed by atoms with E-state index < -0.39 is 0 Å². The van der Waals surface area contributed by atoms with Gasteiger partial charge in [0.25, 0.3) is 5.91 Å². The smallest absolute Gasteiger partial charge is 0.255 e. The van der Waals surface area contributed by atoms with Crippen LogP contribution in [0.3, 0.4) is 0 Å². The van der Waals surface area contributed by atoms with Crippen LogP contribution in [0.1, 0.15) is 10.4 Å². The molecule has 7 nitrogen and oxygen atoms in total. The van der Waals surface area contributed by atoms with E-state index >= 15 is 0 Å². The van der Waals surface area contributed by atoms with E-state index in [1.807, 2.05) is 30.3 Å². The molecule has 1 N–H and O–H groups in total. The number of fused-ring (bicyclic) bond motifs is 1. The molecule has 7 heteroatoms. The molecular weight excluding hydrogens is 384 g/mol. The molecule has 4 rings (SSSR count). The van der Waals surface area contributed by atoms with Crippen molar-refractivity contribution in [2.45, 2.75) is 0 Å². The minimum atomic E-state index is -0.286. The van der Waals surface area contributed by atoms with Crippen LogP contribution in [-0.2, 0) is 0 Å². The number of aromatic nitrogens is 1. The van der Waals surface area contributed by atoms with Gasteiger partial charge in [0.15, 0.2) is 5.58 Å². The van der Waals surface area contributed by atoms with Crippen LogP contribution in [0.25, 0.3) is 22.6 Å². The maximum absolute atomic E-state index is 12.7. The topological polar surface area (TPSA) is 82.8 Å². The molecule has 0 aliphatic rings. The largest absolute Gasteiger partial charge is 0.497 e. The van der Waals surface area contributed by atoms with E-state index in [0.29, 0.717) is 45.5 Å². The maximum Gasteiger partial charge on any atom is 0.255 e. The van der Waals surface area contributed by atoms with Crippen LogP contribution >= 0.6 is 0 Å². The molecule has 152 valence electrons. The third-order valence-corrected chi connectivity index (χ3v) is 4.58. The van der Waals surface area contributed by atoms with Gasteiger partial charge in [0.2, 0.25) is 5.89 Å². The van der Waals surface area contributed by atoms with Crippen LogP contribution in [0.5, 0.6) is 17.2 Å². The molecule has 0 unspecified atom stereocenters. The molecule has 0 saturated heterocycles. The number of hydrogen-bond donors (Lipinski definition) is 1. The first kappa shape index (κ1) is 19.3. The Hall–Kier alpha value is -4.00. The number of benzene rings is 3. The third-order valence-electron chi connectivity index (χ3n) is 4.58. The molecule has 0 bridgehead atoms. The number of carbonyl (C=O) groups excluding carboxylic acids is 1. The van der Waals surface area contributed by atoms with Crippen molar-refractivity contribution >= 4 is 22.7 Å². The molecule has 3 aromatic carbocycles. The van der Waals surface area contributed by atoms with Crippen molar-refractivity contribution in [2.75, 3.05) is 26.6 Å². The molecule has 0 saturated carbocycles. The summed E-state index contributed by atoms with van der Waals surface area (Å²) in [5.74, 6) is 1.95. The van der Waals surface area contributed by atoms with Gasteiger partial charge in [-0.05, 0) is 42.5 Å². The highest BCUT2D eigenvalue weighted by molar-refractivity contribution is 6.05. The fourth-order valence-corrected chi connectivity index (χ4v) is 3.03.